The number of esters is 1. The molecule has 0 saturated heterocycles. The van der Waals surface area contributed by atoms with Gasteiger partial charge in [-0.15, -0.1) is 0 Å². The number of aryl methyl sites for hydroxylation is 1. The first-order valence-electron chi connectivity index (χ1n) is 9.89. The summed E-state index contributed by atoms with van der Waals surface area (Å²) < 4.78 is 5.19. The predicted molar refractivity (Wildman–Crippen MR) is 123 cm³/mol. The Hall–Kier alpha value is -3.25. The largest absolute Gasteiger partial charge is 0.466 e. The lowest BCUT2D eigenvalue weighted by atomic mass is 10.1. The van der Waals surface area contributed by atoms with Gasteiger partial charge in [0, 0.05) is 12.1 Å². The predicted octanol–water partition coefficient (Wildman–Crippen LogP) is 4.61. The molecule has 0 aromatic heterocycles. The first kappa shape index (κ1) is 21.5. The summed E-state index contributed by atoms with van der Waals surface area (Å²) in [6.45, 7) is 0.345. The Bertz CT molecular complexity index is 1020. The summed E-state index contributed by atoms with van der Waals surface area (Å²) in [4.78, 5) is 23.8. The Morgan fingerprint density at radius 2 is 1.60 bits per heavy atom. The summed E-state index contributed by atoms with van der Waals surface area (Å²) in [6, 6.07) is 23.8. The van der Waals surface area contributed by atoms with Gasteiger partial charge in [0.25, 0.3) is 0 Å². The number of anilines is 1. The van der Waals surface area contributed by atoms with Gasteiger partial charge in [-0.25, -0.2) is 0 Å². The highest BCUT2D eigenvalue weighted by molar-refractivity contribution is 7.80. The topological polar surface area (TPSA) is 67.4 Å². The Labute approximate surface area is 181 Å². The zero-order chi connectivity index (χ0) is 21.2. The van der Waals surface area contributed by atoms with Crippen molar-refractivity contribution >= 4 is 45.7 Å². The van der Waals surface area contributed by atoms with Crippen LogP contribution in [0.4, 0.5) is 5.69 Å². The van der Waals surface area contributed by atoms with Crippen LogP contribution in [0.15, 0.2) is 72.8 Å². The van der Waals surface area contributed by atoms with Crippen molar-refractivity contribution in [1.29, 1.82) is 0 Å². The van der Waals surface area contributed by atoms with E-state index in [1.807, 2.05) is 72.8 Å². The van der Waals surface area contributed by atoms with Crippen LogP contribution in [0.2, 0.25) is 0 Å². The normalized spacial score (nSPS) is 10.4. The van der Waals surface area contributed by atoms with E-state index in [4.69, 9.17) is 17.0 Å². The molecule has 2 N–H and O–H groups in total. The maximum absolute atomic E-state index is 12.0. The zero-order valence-corrected chi connectivity index (χ0v) is 17.4. The molecule has 0 saturated carbocycles. The monoisotopic (exact) mass is 420 g/mol. The number of carbonyl (C=O) groups excluding carboxylic acids is 2. The highest BCUT2D eigenvalue weighted by atomic mass is 32.1. The van der Waals surface area contributed by atoms with Crippen LogP contribution in [-0.4, -0.2) is 23.6 Å². The molecule has 0 aliphatic heterocycles. The van der Waals surface area contributed by atoms with Gasteiger partial charge < -0.3 is 15.4 Å². The van der Waals surface area contributed by atoms with E-state index < -0.39 is 0 Å². The molecule has 0 heterocycles. The first-order chi connectivity index (χ1) is 14.6. The molecule has 3 rings (SSSR count). The van der Waals surface area contributed by atoms with Crippen LogP contribution in [0, 0.1) is 0 Å². The van der Waals surface area contributed by atoms with Gasteiger partial charge in [0.15, 0.2) is 5.11 Å². The third-order valence-corrected chi connectivity index (χ3v) is 4.74. The van der Waals surface area contributed by atoms with Crippen LogP contribution in [0.25, 0.3) is 10.8 Å². The van der Waals surface area contributed by atoms with E-state index in [0.29, 0.717) is 6.61 Å². The van der Waals surface area contributed by atoms with Crippen LogP contribution in [0.3, 0.4) is 0 Å². The highest BCUT2D eigenvalue weighted by Gasteiger charge is 2.10. The summed E-state index contributed by atoms with van der Waals surface area (Å²) in [5.41, 5.74) is 2.00. The SMILES string of the molecule is O=C(CCC(=O)OCCCc1ccccc1)NC(=S)Nc1ccc2ccccc2c1. The molecule has 5 nitrogen and oxygen atoms in total. The Kier molecular flexibility index (Phi) is 7.92. The fourth-order valence-corrected chi connectivity index (χ4v) is 3.24. The average molecular weight is 421 g/mol. The van der Waals surface area contributed by atoms with Gasteiger partial charge in [0.1, 0.15) is 0 Å². The number of benzene rings is 3. The standard InChI is InChI=1S/C24H24N2O3S/c27-22(14-15-23(28)29-16-6-9-18-7-2-1-3-8-18)26-24(30)25-21-13-12-19-10-4-5-11-20(19)17-21/h1-5,7-8,10-13,17H,6,9,14-16H2,(H2,25,26,27,30). The number of fused-ring (bicyclic) bond motifs is 1. The van der Waals surface area contributed by atoms with Gasteiger partial charge in [-0.3, -0.25) is 9.59 Å². The Morgan fingerprint density at radius 3 is 2.40 bits per heavy atom. The van der Waals surface area contributed by atoms with Gasteiger partial charge in [-0.05, 0) is 53.5 Å². The molecule has 3 aromatic carbocycles. The van der Waals surface area contributed by atoms with Crippen molar-refractivity contribution in [3.8, 4) is 0 Å². The maximum Gasteiger partial charge on any atom is 0.306 e. The van der Waals surface area contributed by atoms with E-state index in [0.717, 1.165) is 29.3 Å². The summed E-state index contributed by atoms with van der Waals surface area (Å²) >= 11 is 5.19. The van der Waals surface area contributed by atoms with Crippen molar-refractivity contribution in [1.82, 2.24) is 5.32 Å². The number of hydrogen-bond acceptors (Lipinski definition) is 4. The molecular formula is C24H24N2O3S. The van der Waals surface area contributed by atoms with Crippen molar-refractivity contribution in [2.24, 2.45) is 0 Å². The van der Waals surface area contributed by atoms with Crippen LogP contribution < -0.4 is 10.6 Å². The van der Waals surface area contributed by atoms with E-state index in [1.54, 1.807) is 0 Å². The fraction of sp³-hybridized carbons (Fsp3) is 0.208. The lowest BCUT2D eigenvalue weighted by molar-refractivity contribution is -0.145. The van der Waals surface area contributed by atoms with Gasteiger partial charge in [0.05, 0.1) is 13.0 Å². The fourth-order valence-electron chi connectivity index (χ4n) is 3.01. The number of carbonyl (C=O) groups is 2. The molecule has 0 aliphatic carbocycles. The summed E-state index contributed by atoms with van der Waals surface area (Å²) in [6.07, 6.45) is 1.65. The Balaban J connectivity index is 1.33. The van der Waals surface area contributed by atoms with Crippen molar-refractivity contribution < 1.29 is 14.3 Å². The summed E-state index contributed by atoms with van der Waals surface area (Å²) in [5.74, 6) is -0.707. The maximum atomic E-state index is 12.0. The number of rotatable bonds is 8. The number of nitrogens with one attached hydrogen (secondary N) is 2. The first-order valence-corrected chi connectivity index (χ1v) is 10.3. The van der Waals surface area contributed by atoms with Gasteiger partial charge in [-0.2, -0.15) is 0 Å². The molecule has 3 aromatic rings. The molecule has 0 aliphatic rings. The van der Waals surface area contributed by atoms with E-state index in [-0.39, 0.29) is 29.8 Å². The third-order valence-electron chi connectivity index (χ3n) is 4.53. The van der Waals surface area contributed by atoms with Crippen molar-refractivity contribution in [3.63, 3.8) is 0 Å². The van der Waals surface area contributed by atoms with Crippen molar-refractivity contribution in [3.05, 3.63) is 78.4 Å². The molecule has 6 heteroatoms. The number of hydrogen-bond donors (Lipinski definition) is 2. The van der Waals surface area contributed by atoms with E-state index in [2.05, 4.69) is 10.6 Å². The van der Waals surface area contributed by atoms with E-state index in [1.165, 1.54) is 5.56 Å². The highest BCUT2D eigenvalue weighted by Crippen LogP contribution is 2.18. The number of thiocarbonyl (C=S) groups is 1. The van der Waals surface area contributed by atoms with Crippen LogP contribution in [0.5, 0.6) is 0 Å². The second-order valence-electron chi connectivity index (χ2n) is 6.87. The van der Waals surface area contributed by atoms with Crippen LogP contribution in [0.1, 0.15) is 24.8 Å². The van der Waals surface area contributed by atoms with Crippen LogP contribution in [-0.2, 0) is 20.7 Å². The van der Waals surface area contributed by atoms with Gasteiger partial charge in [0.2, 0.25) is 5.91 Å². The minimum atomic E-state index is -0.383. The average Bonchev–Trinajstić information content (AvgIpc) is 2.76. The number of ether oxygens (including phenoxy) is 1. The molecule has 1 amide bonds. The molecule has 0 fully saturated rings. The van der Waals surface area contributed by atoms with Gasteiger partial charge >= 0.3 is 5.97 Å². The summed E-state index contributed by atoms with van der Waals surface area (Å²) in [7, 11) is 0. The van der Waals surface area contributed by atoms with Crippen molar-refractivity contribution in [2.75, 3.05) is 11.9 Å². The van der Waals surface area contributed by atoms with Gasteiger partial charge in [-0.1, -0.05) is 60.7 Å². The Morgan fingerprint density at radius 1 is 0.867 bits per heavy atom. The lowest BCUT2D eigenvalue weighted by Gasteiger charge is -2.10. The molecule has 0 atom stereocenters. The van der Waals surface area contributed by atoms with E-state index in [9.17, 15) is 9.59 Å². The smallest absolute Gasteiger partial charge is 0.306 e. The molecule has 0 unspecified atom stereocenters. The second-order valence-corrected chi connectivity index (χ2v) is 7.28. The summed E-state index contributed by atoms with van der Waals surface area (Å²) in [5, 5.41) is 7.99. The second kappa shape index (κ2) is 11.1. The number of amides is 1. The van der Waals surface area contributed by atoms with Crippen LogP contribution >= 0.6 is 12.2 Å². The molecule has 0 spiro atoms. The molecule has 0 radical (unpaired) electrons. The third kappa shape index (κ3) is 6.97. The minimum absolute atomic E-state index is 0.0236. The van der Waals surface area contributed by atoms with E-state index >= 15 is 0 Å². The minimum Gasteiger partial charge on any atom is -0.466 e. The van der Waals surface area contributed by atoms with Crippen molar-refractivity contribution in [2.45, 2.75) is 25.7 Å². The zero-order valence-electron chi connectivity index (χ0n) is 16.6. The lowest BCUT2D eigenvalue weighted by Crippen LogP contribution is -2.34. The molecule has 30 heavy (non-hydrogen) atoms. The molecule has 154 valence electrons. The molecular weight excluding hydrogens is 396 g/mol. The quantitative estimate of drug-likeness (QED) is 0.316. The molecule has 0 bridgehead atoms.